The van der Waals surface area contributed by atoms with Crippen LogP contribution < -0.4 is 4.90 Å². The molecule has 2 aromatic carbocycles. The summed E-state index contributed by atoms with van der Waals surface area (Å²) in [6, 6.07) is 16.4. The SMILES string of the molecule is Cc1ccccc1C(O)CCN(C)c1ccccc1C. The first kappa shape index (κ1) is 14.6. The first-order valence-corrected chi connectivity index (χ1v) is 7.10. The molecule has 1 N–H and O–H groups in total. The highest BCUT2D eigenvalue weighted by molar-refractivity contribution is 5.52. The molecule has 0 aliphatic carbocycles. The van der Waals surface area contributed by atoms with E-state index in [1.807, 2.05) is 31.2 Å². The van der Waals surface area contributed by atoms with Crippen molar-refractivity contribution in [1.82, 2.24) is 0 Å². The molecule has 106 valence electrons. The molecule has 2 nitrogen and oxygen atoms in total. The van der Waals surface area contributed by atoms with Crippen molar-refractivity contribution in [2.45, 2.75) is 26.4 Å². The average Bonchev–Trinajstić information content (AvgIpc) is 2.45. The third-order valence-electron chi connectivity index (χ3n) is 3.81. The Balaban J connectivity index is 1.99. The molecule has 0 saturated heterocycles. The van der Waals surface area contributed by atoms with Crippen LogP contribution in [0.5, 0.6) is 0 Å². The van der Waals surface area contributed by atoms with Crippen LogP contribution in [0.4, 0.5) is 5.69 Å². The highest BCUT2D eigenvalue weighted by Gasteiger charge is 2.11. The smallest absolute Gasteiger partial charge is 0.0809 e. The van der Waals surface area contributed by atoms with E-state index >= 15 is 0 Å². The van der Waals surface area contributed by atoms with Gasteiger partial charge in [-0.3, -0.25) is 0 Å². The molecule has 2 rings (SSSR count). The van der Waals surface area contributed by atoms with Gasteiger partial charge in [0.1, 0.15) is 0 Å². The second-order valence-corrected chi connectivity index (χ2v) is 5.37. The predicted molar refractivity (Wildman–Crippen MR) is 85.2 cm³/mol. The van der Waals surface area contributed by atoms with E-state index in [-0.39, 0.29) is 0 Å². The van der Waals surface area contributed by atoms with Gasteiger partial charge in [0, 0.05) is 19.3 Å². The molecule has 2 aromatic rings. The van der Waals surface area contributed by atoms with E-state index in [9.17, 15) is 5.11 Å². The molecule has 0 bridgehead atoms. The van der Waals surface area contributed by atoms with Gasteiger partial charge < -0.3 is 10.0 Å². The van der Waals surface area contributed by atoms with E-state index in [0.717, 1.165) is 24.1 Å². The lowest BCUT2D eigenvalue weighted by Gasteiger charge is -2.23. The molecular formula is C18H23NO. The van der Waals surface area contributed by atoms with E-state index in [2.05, 4.69) is 43.1 Å². The molecule has 0 aliphatic rings. The summed E-state index contributed by atoms with van der Waals surface area (Å²) in [6.45, 7) is 4.99. The van der Waals surface area contributed by atoms with Gasteiger partial charge >= 0.3 is 0 Å². The van der Waals surface area contributed by atoms with Gasteiger partial charge in [-0.15, -0.1) is 0 Å². The number of aryl methyl sites for hydroxylation is 2. The zero-order valence-corrected chi connectivity index (χ0v) is 12.5. The molecule has 0 amide bonds. The summed E-state index contributed by atoms with van der Waals surface area (Å²) in [5.74, 6) is 0. The van der Waals surface area contributed by atoms with Gasteiger partial charge in [0.2, 0.25) is 0 Å². The van der Waals surface area contributed by atoms with Crippen LogP contribution in [-0.2, 0) is 0 Å². The number of hydrogen-bond donors (Lipinski definition) is 1. The number of benzene rings is 2. The number of hydrogen-bond acceptors (Lipinski definition) is 2. The molecule has 0 radical (unpaired) electrons. The highest BCUT2D eigenvalue weighted by atomic mass is 16.3. The zero-order chi connectivity index (χ0) is 14.5. The van der Waals surface area contributed by atoms with Gasteiger partial charge in [0.15, 0.2) is 0 Å². The van der Waals surface area contributed by atoms with Crippen LogP contribution in [0.15, 0.2) is 48.5 Å². The number of aliphatic hydroxyl groups is 1. The Morgan fingerprint density at radius 3 is 2.20 bits per heavy atom. The van der Waals surface area contributed by atoms with Crippen LogP contribution in [0.25, 0.3) is 0 Å². The summed E-state index contributed by atoms with van der Waals surface area (Å²) in [7, 11) is 2.08. The number of rotatable bonds is 5. The molecular weight excluding hydrogens is 246 g/mol. The van der Waals surface area contributed by atoms with Gasteiger partial charge in [-0.1, -0.05) is 42.5 Å². The Bertz CT molecular complexity index is 513. The first-order chi connectivity index (χ1) is 9.59. The average molecular weight is 269 g/mol. The minimum absolute atomic E-state index is 0.400. The molecule has 20 heavy (non-hydrogen) atoms. The van der Waals surface area contributed by atoms with Crippen LogP contribution in [0, 0.1) is 13.8 Å². The summed E-state index contributed by atoms with van der Waals surface area (Å²) in [4.78, 5) is 2.21. The van der Waals surface area contributed by atoms with Crippen molar-refractivity contribution in [3.8, 4) is 0 Å². The lowest BCUT2D eigenvalue weighted by Crippen LogP contribution is -2.21. The molecule has 0 heterocycles. The fourth-order valence-corrected chi connectivity index (χ4v) is 2.54. The van der Waals surface area contributed by atoms with Gasteiger partial charge in [-0.05, 0) is 43.0 Å². The van der Waals surface area contributed by atoms with Crippen LogP contribution in [0.1, 0.15) is 29.2 Å². The third kappa shape index (κ3) is 3.40. The number of para-hydroxylation sites is 1. The van der Waals surface area contributed by atoms with Gasteiger partial charge in [0.25, 0.3) is 0 Å². The topological polar surface area (TPSA) is 23.5 Å². The molecule has 0 fully saturated rings. The number of nitrogens with zero attached hydrogens (tertiary/aromatic N) is 1. The van der Waals surface area contributed by atoms with E-state index < -0.39 is 6.10 Å². The second-order valence-electron chi connectivity index (χ2n) is 5.37. The lowest BCUT2D eigenvalue weighted by atomic mass is 10.0. The van der Waals surface area contributed by atoms with Gasteiger partial charge in [-0.25, -0.2) is 0 Å². The van der Waals surface area contributed by atoms with Crippen molar-refractivity contribution in [1.29, 1.82) is 0 Å². The number of aliphatic hydroxyl groups excluding tert-OH is 1. The first-order valence-electron chi connectivity index (χ1n) is 7.10. The maximum atomic E-state index is 10.3. The Kier molecular flexibility index (Phi) is 4.80. The van der Waals surface area contributed by atoms with Crippen molar-refractivity contribution in [2.75, 3.05) is 18.5 Å². The predicted octanol–water partition coefficient (Wildman–Crippen LogP) is 3.86. The van der Waals surface area contributed by atoms with Crippen molar-refractivity contribution in [3.05, 3.63) is 65.2 Å². The molecule has 1 unspecified atom stereocenters. The third-order valence-corrected chi connectivity index (χ3v) is 3.81. The van der Waals surface area contributed by atoms with Crippen molar-refractivity contribution >= 4 is 5.69 Å². The minimum Gasteiger partial charge on any atom is -0.388 e. The monoisotopic (exact) mass is 269 g/mol. The van der Waals surface area contributed by atoms with E-state index in [1.54, 1.807) is 0 Å². The second kappa shape index (κ2) is 6.58. The van der Waals surface area contributed by atoms with Crippen LogP contribution in [0.2, 0.25) is 0 Å². The molecule has 0 saturated carbocycles. The maximum Gasteiger partial charge on any atom is 0.0809 e. The number of anilines is 1. The van der Waals surface area contributed by atoms with E-state index in [0.29, 0.717) is 0 Å². The fraction of sp³-hybridized carbons (Fsp3) is 0.333. The van der Waals surface area contributed by atoms with Crippen LogP contribution in [-0.4, -0.2) is 18.7 Å². The standard InChI is InChI=1S/C18H23NO/c1-14-8-4-6-10-16(14)18(20)12-13-19(3)17-11-7-5-9-15(17)2/h4-11,18,20H,12-13H2,1-3H3. The van der Waals surface area contributed by atoms with E-state index in [4.69, 9.17) is 0 Å². The van der Waals surface area contributed by atoms with Crippen molar-refractivity contribution < 1.29 is 5.11 Å². The summed E-state index contributed by atoms with van der Waals surface area (Å²) < 4.78 is 0. The largest absolute Gasteiger partial charge is 0.388 e. The Morgan fingerprint density at radius 1 is 0.950 bits per heavy atom. The molecule has 0 aliphatic heterocycles. The van der Waals surface area contributed by atoms with Gasteiger partial charge in [0.05, 0.1) is 6.10 Å². The van der Waals surface area contributed by atoms with Gasteiger partial charge in [-0.2, -0.15) is 0 Å². The zero-order valence-electron chi connectivity index (χ0n) is 12.5. The quantitative estimate of drug-likeness (QED) is 0.891. The summed E-state index contributed by atoms with van der Waals surface area (Å²) >= 11 is 0. The highest BCUT2D eigenvalue weighted by Crippen LogP contribution is 2.23. The Labute approximate surface area is 121 Å². The summed E-state index contributed by atoms with van der Waals surface area (Å²) in [6.07, 6.45) is 0.332. The lowest BCUT2D eigenvalue weighted by molar-refractivity contribution is 0.169. The van der Waals surface area contributed by atoms with Crippen LogP contribution >= 0.6 is 0 Å². The van der Waals surface area contributed by atoms with E-state index in [1.165, 1.54) is 11.3 Å². The fourth-order valence-electron chi connectivity index (χ4n) is 2.54. The maximum absolute atomic E-state index is 10.3. The van der Waals surface area contributed by atoms with Crippen molar-refractivity contribution in [2.24, 2.45) is 0 Å². The Hall–Kier alpha value is -1.80. The Morgan fingerprint density at radius 2 is 1.55 bits per heavy atom. The minimum atomic E-state index is -0.400. The molecule has 0 aromatic heterocycles. The van der Waals surface area contributed by atoms with Crippen LogP contribution in [0.3, 0.4) is 0 Å². The normalized spacial score (nSPS) is 12.2. The summed E-state index contributed by atoms with van der Waals surface area (Å²) in [5.41, 5.74) is 4.68. The van der Waals surface area contributed by atoms with Crippen molar-refractivity contribution in [3.63, 3.8) is 0 Å². The summed E-state index contributed by atoms with van der Waals surface area (Å²) in [5, 5.41) is 10.3. The molecule has 2 heteroatoms. The molecule has 1 atom stereocenters. The molecule has 0 spiro atoms.